The van der Waals surface area contributed by atoms with Gasteiger partial charge in [-0.05, 0) is 12.8 Å². The fourth-order valence-electron chi connectivity index (χ4n) is 3.43. The summed E-state index contributed by atoms with van der Waals surface area (Å²) in [6.45, 7) is 7.27. The van der Waals surface area contributed by atoms with Crippen molar-refractivity contribution in [2.75, 3.05) is 20.6 Å². The van der Waals surface area contributed by atoms with Crippen LogP contribution < -0.4 is 5.73 Å². The van der Waals surface area contributed by atoms with E-state index in [1.807, 2.05) is 21.0 Å². The first-order valence-electron chi connectivity index (χ1n) is 13.1. The number of primary amides is 1. The molecule has 0 heterocycles. The smallest absolute Gasteiger partial charge is 0.217 e. The van der Waals surface area contributed by atoms with Crippen molar-refractivity contribution in [3.63, 3.8) is 0 Å². The van der Waals surface area contributed by atoms with Crippen molar-refractivity contribution in [3.05, 3.63) is 15.3 Å². The lowest BCUT2D eigenvalue weighted by atomic mass is 10.0. The second-order valence-electron chi connectivity index (χ2n) is 9.52. The Labute approximate surface area is 203 Å². The van der Waals surface area contributed by atoms with Gasteiger partial charge in [0.2, 0.25) is 5.91 Å². The minimum atomic E-state index is -1.75. The summed E-state index contributed by atoms with van der Waals surface area (Å²) >= 11 is 0. The van der Waals surface area contributed by atoms with Crippen LogP contribution in [0.15, 0.2) is 0 Å². The molecule has 1 amide bonds. The number of nitrogens with two attached hydrogens (primary N) is 1. The Bertz CT molecular complexity index is 428. The van der Waals surface area contributed by atoms with E-state index in [-0.39, 0.29) is 12.1 Å². The number of amides is 1. The third-order valence-corrected chi connectivity index (χ3v) is 5.84. The van der Waals surface area contributed by atoms with E-state index in [9.17, 15) is 9.90 Å². The molecule has 0 spiro atoms. The maximum absolute atomic E-state index is 10.6. The monoisotopic (exact) mass is 477 g/mol. The van der Waals surface area contributed by atoms with E-state index >= 15 is 0 Å². The Morgan fingerprint density at radius 1 is 0.788 bits per heavy atom. The molecule has 0 aliphatic rings. The van der Waals surface area contributed by atoms with Gasteiger partial charge in [0.25, 0.3) is 0 Å². The number of quaternary nitrogens is 1. The Morgan fingerprint density at radius 3 is 1.30 bits per heavy atom. The third kappa shape index (κ3) is 38.2. The van der Waals surface area contributed by atoms with Crippen LogP contribution in [0.5, 0.6) is 0 Å². The summed E-state index contributed by atoms with van der Waals surface area (Å²) in [6.07, 6.45) is 21.8. The second-order valence-corrected chi connectivity index (χ2v) is 9.52. The number of hydrogen-bond acceptors (Lipinski definition) is 5. The number of unbranched alkanes of at least 4 members (excludes halogenated alkanes) is 14. The van der Waals surface area contributed by atoms with Gasteiger partial charge in [-0.25, -0.2) is 0 Å². The van der Waals surface area contributed by atoms with Crippen LogP contribution in [-0.2, 0) is 4.79 Å². The molecule has 0 aromatic carbocycles. The molecule has 1 atom stereocenters. The quantitative estimate of drug-likeness (QED) is 0.0740. The summed E-state index contributed by atoms with van der Waals surface area (Å²) in [7, 11) is 4.07. The lowest BCUT2D eigenvalue weighted by Crippen LogP contribution is -2.47. The predicted octanol–water partition coefficient (Wildman–Crippen LogP) is 6.31. The van der Waals surface area contributed by atoms with Gasteiger partial charge >= 0.3 is 0 Å². The molecule has 0 radical (unpaired) electrons. The molecule has 33 heavy (non-hydrogen) atoms. The summed E-state index contributed by atoms with van der Waals surface area (Å²) in [5.74, 6) is -0.153. The number of aliphatic hydroxyl groups excluding tert-OH is 1. The Hall–Kier alpha value is -1.41. The lowest BCUT2D eigenvalue weighted by Gasteiger charge is -2.32. The molecule has 8 heteroatoms. The van der Waals surface area contributed by atoms with Crippen molar-refractivity contribution in [2.45, 2.75) is 136 Å². The average molecular weight is 478 g/mol. The SMILES string of the molecule is CCCCCCCCCCCCCCCCCC(N)=O.CCC[N+](C)(C)C(C)O.O=[N+]([O-])[O-]. The zero-order valence-electron chi connectivity index (χ0n) is 22.4. The molecule has 0 rings (SSSR count). The zero-order valence-corrected chi connectivity index (χ0v) is 22.4. The van der Waals surface area contributed by atoms with E-state index < -0.39 is 5.09 Å². The van der Waals surface area contributed by atoms with Crippen molar-refractivity contribution in [1.29, 1.82) is 0 Å². The standard InChI is InChI=1S/C18H37NO.C7H18NO.NO3/c1-2-3-4-5-6-7-8-9-10-11-12-13-14-15-16-17-18(19)20;1-5-6-8(3,4)7(2)9;2-1(3)4/h2-17H2,1H3,(H2,19,20);7,9H,5-6H2,1-4H3;/q;+1;-1. The van der Waals surface area contributed by atoms with E-state index in [2.05, 4.69) is 13.8 Å². The van der Waals surface area contributed by atoms with Crippen LogP contribution in [0, 0.1) is 15.3 Å². The zero-order chi connectivity index (χ0) is 26.0. The Morgan fingerprint density at radius 2 is 1.09 bits per heavy atom. The van der Waals surface area contributed by atoms with Crippen LogP contribution in [0.3, 0.4) is 0 Å². The van der Waals surface area contributed by atoms with Gasteiger partial charge in [-0.3, -0.25) is 4.79 Å². The van der Waals surface area contributed by atoms with Crippen LogP contribution in [0.1, 0.15) is 130 Å². The highest BCUT2D eigenvalue weighted by atomic mass is 16.9. The number of hydrogen-bond donors (Lipinski definition) is 2. The van der Waals surface area contributed by atoms with Gasteiger partial charge in [0.1, 0.15) is 0 Å². The highest BCUT2D eigenvalue weighted by Gasteiger charge is 2.18. The largest absolute Gasteiger partial charge is 0.370 e. The van der Waals surface area contributed by atoms with Gasteiger partial charge in [-0.2, -0.15) is 0 Å². The molecule has 8 nitrogen and oxygen atoms in total. The number of nitrogens with zero attached hydrogens (tertiary/aromatic N) is 2. The van der Waals surface area contributed by atoms with Gasteiger partial charge in [0.15, 0.2) is 6.23 Å². The van der Waals surface area contributed by atoms with Crippen molar-refractivity contribution in [2.24, 2.45) is 5.73 Å². The first-order valence-corrected chi connectivity index (χ1v) is 13.1. The fourth-order valence-corrected chi connectivity index (χ4v) is 3.43. The maximum atomic E-state index is 10.6. The molecule has 0 aromatic heterocycles. The summed E-state index contributed by atoms with van der Waals surface area (Å²) < 4.78 is 0.705. The maximum Gasteiger partial charge on any atom is 0.217 e. The van der Waals surface area contributed by atoms with Gasteiger partial charge in [0.05, 0.1) is 25.7 Å². The van der Waals surface area contributed by atoms with Crippen molar-refractivity contribution < 1.29 is 19.5 Å². The summed E-state index contributed by atoms with van der Waals surface area (Å²) in [5, 5.41) is 23.9. The van der Waals surface area contributed by atoms with E-state index in [4.69, 9.17) is 21.1 Å². The lowest BCUT2D eigenvalue weighted by molar-refractivity contribution is -0.934. The fraction of sp³-hybridized carbons (Fsp3) is 0.960. The van der Waals surface area contributed by atoms with E-state index in [1.165, 1.54) is 89.9 Å². The molecule has 0 bridgehead atoms. The molecule has 3 N–H and O–H groups in total. The van der Waals surface area contributed by atoms with E-state index in [0.29, 0.717) is 10.9 Å². The Kier molecular flexibility index (Phi) is 29.4. The first kappa shape index (κ1) is 36.2. The van der Waals surface area contributed by atoms with Crippen molar-refractivity contribution in [3.8, 4) is 0 Å². The molecule has 0 saturated carbocycles. The first-order chi connectivity index (χ1) is 15.5. The summed E-state index contributed by atoms with van der Waals surface area (Å²) in [5.41, 5.74) is 5.11. The van der Waals surface area contributed by atoms with Crippen LogP contribution in [0.4, 0.5) is 0 Å². The van der Waals surface area contributed by atoms with Crippen LogP contribution in [-0.4, -0.2) is 47.5 Å². The molecular weight excluding hydrogens is 422 g/mol. The number of rotatable bonds is 19. The topological polar surface area (TPSA) is 130 Å². The van der Waals surface area contributed by atoms with Crippen molar-refractivity contribution >= 4 is 5.91 Å². The molecule has 0 saturated heterocycles. The molecule has 1 unspecified atom stereocenters. The molecule has 0 aliphatic carbocycles. The average Bonchev–Trinajstić information content (AvgIpc) is 2.70. The van der Waals surface area contributed by atoms with Crippen LogP contribution >= 0.6 is 0 Å². The molecular formula is C25H55N3O5. The van der Waals surface area contributed by atoms with Crippen molar-refractivity contribution in [1.82, 2.24) is 0 Å². The number of carbonyl (C=O) groups is 1. The van der Waals surface area contributed by atoms with Crippen LogP contribution in [0.2, 0.25) is 0 Å². The molecule has 0 aromatic rings. The highest BCUT2D eigenvalue weighted by Crippen LogP contribution is 2.13. The van der Waals surface area contributed by atoms with E-state index in [0.717, 1.165) is 19.4 Å². The second kappa shape index (κ2) is 26.8. The van der Waals surface area contributed by atoms with Gasteiger partial charge in [-0.1, -0.05) is 104 Å². The highest BCUT2D eigenvalue weighted by molar-refractivity contribution is 5.73. The minimum absolute atomic E-state index is 0.153. The Balaban J connectivity index is -0.000000569. The van der Waals surface area contributed by atoms with Gasteiger partial charge in [-0.15, -0.1) is 0 Å². The minimum Gasteiger partial charge on any atom is -0.370 e. The third-order valence-electron chi connectivity index (χ3n) is 5.84. The normalized spacial score (nSPS) is 11.6. The molecule has 0 fully saturated rings. The predicted molar refractivity (Wildman–Crippen MR) is 138 cm³/mol. The van der Waals surface area contributed by atoms with Crippen LogP contribution in [0.25, 0.3) is 0 Å². The molecule has 200 valence electrons. The van der Waals surface area contributed by atoms with E-state index in [1.54, 1.807) is 0 Å². The summed E-state index contributed by atoms with van der Waals surface area (Å²) in [6, 6.07) is 0. The number of aliphatic hydroxyl groups is 1. The van der Waals surface area contributed by atoms with Gasteiger partial charge < -0.3 is 30.6 Å². The summed E-state index contributed by atoms with van der Waals surface area (Å²) in [4.78, 5) is 18.8. The van der Waals surface area contributed by atoms with Gasteiger partial charge in [0, 0.05) is 13.3 Å². The molecule has 0 aliphatic heterocycles. The number of carbonyl (C=O) groups excluding carboxylic acids is 1.